The van der Waals surface area contributed by atoms with Gasteiger partial charge in [-0.25, -0.2) is 4.98 Å². The molecule has 5 nitrogen and oxygen atoms in total. The molecule has 2 aromatic rings. The fourth-order valence-corrected chi connectivity index (χ4v) is 1.94. The standard InChI is InChI=1S/C15H20N4O/c1-11-5-6-12(15(20)18(2)3)9-13(11)17-10-14-16-7-8-19(14)4/h5-9,17H,10H2,1-4H3. The van der Waals surface area contributed by atoms with Crippen LogP contribution in [0.5, 0.6) is 0 Å². The van der Waals surface area contributed by atoms with Gasteiger partial charge in [0.05, 0.1) is 6.54 Å². The maximum absolute atomic E-state index is 12.0. The number of nitrogens with zero attached hydrogens (tertiary/aromatic N) is 3. The van der Waals surface area contributed by atoms with Crippen LogP contribution >= 0.6 is 0 Å². The third kappa shape index (κ3) is 2.99. The molecule has 0 saturated heterocycles. The van der Waals surface area contributed by atoms with Gasteiger partial charge in [0.25, 0.3) is 5.91 Å². The van der Waals surface area contributed by atoms with Crippen LogP contribution < -0.4 is 5.32 Å². The van der Waals surface area contributed by atoms with Crippen molar-refractivity contribution in [3.05, 3.63) is 47.5 Å². The molecular formula is C15H20N4O. The molecule has 0 saturated carbocycles. The normalized spacial score (nSPS) is 10.4. The van der Waals surface area contributed by atoms with Gasteiger partial charge >= 0.3 is 0 Å². The monoisotopic (exact) mass is 272 g/mol. The zero-order chi connectivity index (χ0) is 14.7. The zero-order valence-corrected chi connectivity index (χ0v) is 12.3. The van der Waals surface area contributed by atoms with E-state index in [0.29, 0.717) is 12.1 Å². The van der Waals surface area contributed by atoms with E-state index in [2.05, 4.69) is 10.3 Å². The lowest BCUT2D eigenvalue weighted by Gasteiger charge is -2.14. The zero-order valence-electron chi connectivity index (χ0n) is 12.3. The molecule has 0 bridgehead atoms. The van der Waals surface area contributed by atoms with Crippen LogP contribution in [0.4, 0.5) is 5.69 Å². The topological polar surface area (TPSA) is 50.2 Å². The average Bonchev–Trinajstić information content (AvgIpc) is 2.82. The minimum absolute atomic E-state index is 0.00467. The summed E-state index contributed by atoms with van der Waals surface area (Å²) >= 11 is 0. The van der Waals surface area contributed by atoms with E-state index in [0.717, 1.165) is 17.1 Å². The first-order chi connectivity index (χ1) is 9.49. The molecule has 0 spiro atoms. The number of amides is 1. The van der Waals surface area contributed by atoms with E-state index in [9.17, 15) is 4.79 Å². The van der Waals surface area contributed by atoms with Crippen LogP contribution in [0.3, 0.4) is 0 Å². The molecule has 0 aliphatic carbocycles. The number of hydrogen-bond donors (Lipinski definition) is 1. The maximum Gasteiger partial charge on any atom is 0.253 e. The van der Waals surface area contributed by atoms with Crippen LogP contribution in [0, 0.1) is 6.92 Å². The molecule has 0 unspecified atom stereocenters. The molecule has 106 valence electrons. The summed E-state index contributed by atoms with van der Waals surface area (Å²) in [6.07, 6.45) is 3.69. The molecule has 1 aromatic heterocycles. The number of imidazole rings is 1. The summed E-state index contributed by atoms with van der Waals surface area (Å²) in [5, 5.41) is 3.34. The van der Waals surface area contributed by atoms with E-state index in [1.807, 2.05) is 42.9 Å². The van der Waals surface area contributed by atoms with Gasteiger partial charge < -0.3 is 14.8 Å². The predicted octanol–water partition coefficient (Wildman–Crippen LogP) is 2.04. The first-order valence-electron chi connectivity index (χ1n) is 6.51. The molecule has 0 aliphatic rings. The highest BCUT2D eigenvalue weighted by Gasteiger charge is 2.10. The highest BCUT2D eigenvalue weighted by molar-refractivity contribution is 5.95. The van der Waals surface area contributed by atoms with Crippen LogP contribution in [0.1, 0.15) is 21.7 Å². The van der Waals surface area contributed by atoms with Crippen molar-refractivity contribution in [3.8, 4) is 0 Å². The second-order valence-electron chi connectivity index (χ2n) is 5.04. The van der Waals surface area contributed by atoms with Gasteiger partial charge in [-0.1, -0.05) is 6.07 Å². The van der Waals surface area contributed by atoms with E-state index >= 15 is 0 Å². The summed E-state index contributed by atoms with van der Waals surface area (Å²) in [5.41, 5.74) is 2.75. The Morgan fingerprint density at radius 1 is 1.40 bits per heavy atom. The molecule has 1 N–H and O–H groups in total. The highest BCUT2D eigenvalue weighted by atomic mass is 16.2. The summed E-state index contributed by atoms with van der Waals surface area (Å²) < 4.78 is 1.97. The number of carbonyl (C=O) groups is 1. The van der Waals surface area contributed by atoms with Crippen molar-refractivity contribution >= 4 is 11.6 Å². The van der Waals surface area contributed by atoms with Gasteiger partial charge in [-0.15, -0.1) is 0 Å². The summed E-state index contributed by atoms with van der Waals surface area (Å²) in [6, 6.07) is 5.70. The lowest BCUT2D eigenvalue weighted by molar-refractivity contribution is 0.0827. The van der Waals surface area contributed by atoms with E-state index in [1.165, 1.54) is 0 Å². The summed E-state index contributed by atoms with van der Waals surface area (Å²) in [5.74, 6) is 0.957. The quantitative estimate of drug-likeness (QED) is 0.926. The number of carbonyl (C=O) groups excluding carboxylic acids is 1. The first kappa shape index (κ1) is 14.1. The second-order valence-corrected chi connectivity index (χ2v) is 5.04. The predicted molar refractivity (Wildman–Crippen MR) is 79.7 cm³/mol. The SMILES string of the molecule is Cc1ccc(C(=O)N(C)C)cc1NCc1nccn1C. The highest BCUT2D eigenvalue weighted by Crippen LogP contribution is 2.18. The van der Waals surface area contributed by atoms with Gasteiger partial charge in [0.1, 0.15) is 5.82 Å². The number of anilines is 1. The Morgan fingerprint density at radius 2 is 2.15 bits per heavy atom. The Bertz CT molecular complexity index is 616. The number of benzene rings is 1. The fraction of sp³-hybridized carbons (Fsp3) is 0.333. The van der Waals surface area contributed by atoms with Crippen molar-refractivity contribution in [3.63, 3.8) is 0 Å². The van der Waals surface area contributed by atoms with Crippen LogP contribution in [0.2, 0.25) is 0 Å². The molecule has 0 radical (unpaired) electrons. The molecule has 2 rings (SSSR count). The fourth-order valence-electron chi connectivity index (χ4n) is 1.94. The molecule has 20 heavy (non-hydrogen) atoms. The smallest absolute Gasteiger partial charge is 0.253 e. The van der Waals surface area contributed by atoms with Gasteiger partial charge in [0.15, 0.2) is 0 Å². The third-order valence-corrected chi connectivity index (χ3v) is 3.25. The average molecular weight is 272 g/mol. The first-order valence-corrected chi connectivity index (χ1v) is 6.51. The van der Waals surface area contributed by atoms with E-state index < -0.39 is 0 Å². The molecule has 0 atom stereocenters. The summed E-state index contributed by atoms with van der Waals surface area (Å²) in [6.45, 7) is 2.65. The lowest BCUT2D eigenvalue weighted by Crippen LogP contribution is -2.21. The van der Waals surface area contributed by atoms with Crippen molar-refractivity contribution in [2.24, 2.45) is 7.05 Å². The Hall–Kier alpha value is -2.30. The summed E-state index contributed by atoms with van der Waals surface area (Å²) in [7, 11) is 5.47. The molecule has 0 aliphatic heterocycles. The van der Waals surface area contributed by atoms with E-state index in [4.69, 9.17) is 0 Å². The maximum atomic E-state index is 12.0. The Morgan fingerprint density at radius 3 is 2.75 bits per heavy atom. The molecule has 1 aromatic carbocycles. The summed E-state index contributed by atoms with van der Waals surface area (Å²) in [4.78, 5) is 17.8. The van der Waals surface area contributed by atoms with Crippen LogP contribution in [0.15, 0.2) is 30.6 Å². The number of hydrogen-bond acceptors (Lipinski definition) is 3. The molecule has 1 amide bonds. The lowest BCUT2D eigenvalue weighted by atomic mass is 10.1. The number of aromatic nitrogens is 2. The molecule has 0 fully saturated rings. The van der Waals surface area contributed by atoms with Gasteiger partial charge in [0, 0.05) is 44.8 Å². The number of rotatable bonds is 4. The Kier molecular flexibility index (Phi) is 4.08. The molecule has 1 heterocycles. The Labute approximate surface area is 119 Å². The van der Waals surface area contributed by atoms with Crippen molar-refractivity contribution in [1.82, 2.24) is 14.5 Å². The van der Waals surface area contributed by atoms with E-state index in [-0.39, 0.29) is 5.91 Å². The van der Waals surface area contributed by atoms with Crippen molar-refractivity contribution in [1.29, 1.82) is 0 Å². The minimum Gasteiger partial charge on any atom is -0.378 e. The van der Waals surface area contributed by atoms with Crippen LogP contribution in [-0.2, 0) is 13.6 Å². The molecule has 5 heteroatoms. The molecular weight excluding hydrogens is 252 g/mol. The van der Waals surface area contributed by atoms with Crippen molar-refractivity contribution in [2.75, 3.05) is 19.4 Å². The van der Waals surface area contributed by atoms with Gasteiger partial charge in [0.2, 0.25) is 0 Å². The van der Waals surface area contributed by atoms with Gasteiger partial charge in [-0.05, 0) is 24.6 Å². The minimum atomic E-state index is 0.00467. The van der Waals surface area contributed by atoms with Crippen LogP contribution in [0.25, 0.3) is 0 Å². The van der Waals surface area contributed by atoms with Gasteiger partial charge in [-0.3, -0.25) is 4.79 Å². The number of nitrogens with one attached hydrogen (secondary N) is 1. The van der Waals surface area contributed by atoms with Crippen molar-refractivity contribution in [2.45, 2.75) is 13.5 Å². The Balaban J connectivity index is 2.17. The second kappa shape index (κ2) is 5.77. The number of aryl methyl sites for hydroxylation is 2. The third-order valence-electron chi connectivity index (χ3n) is 3.25. The van der Waals surface area contributed by atoms with Gasteiger partial charge in [-0.2, -0.15) is 0 Å². The largest absolute Gasteiger partial charge is 0.378 e. The van der Waals surface area contributed by atoms with E-state index in [1.54, 1.807) is 25.2 Å². The van der Waals surface area contributed by atoms with Crippen molar-refractivity contribution < 1.29 is 4.79 Å². The van der Waals surface area contributed by atoms with Crippen LogP contribution in [-0.4, -0.2) is 34.5 Å².